The first-order chi connectivity index (χ1) is 9.95. The molecule has 2 atom stereocenters. The molecule has 0 aromatic heterocycles. The summed E-state index contributed by atoms with van der Waals surface area (Å²) in [5.41, 5.74) is 0.762. The van der Waals surface area contributed by atoms with E-state index in [1.54, 1.807) is 17.0 Å². The average molecular weight is 292 g/mol. The lowest BCUT2D eigenvalue weighted by molar-refractivity contribution is -0.147. The summed E-state index contributed by atoms with van der Waals surface area (Å²) in [7, 11) is 0. The van der Waals surface area contributed by atoms with Gasteiger partial charge < -0.3 is 10.2 Å². The number of halogens is 1. The van der Waals surface area contributed by atoms with Crippen LogP contribution in [0.2, 0.25) is 0 Å². The van der Waals surface area contributed by atoms with E-state index in [0.29, 0.717) is 24.9 Å². The molecule has 4 nitrogen and oxygen atoms in total. The van der Waals surface area contributed by atoms with E-state index >= 15 is 0 Å². The van der Waals surface area contributed by atoms with E-state index < -0.39 is 11.8 Å². The molecule has 0 aliphatic carbocycles. The molecule has 114 valence electrons. The third-order valence-corrected chi connectivity index (χ3v) is 3.72. The van der Waals surface area contributed by atoms with E-state index in [9.17, 15) is 14.0 Å². The summed E-state index contributed by atoms with van der Waals surface area (Å²) < 4.78 is 12.8. The van der Waals surface area contributed by atoms with E-state index in [1.165, 1.54) is 12.1 Å². The van der Waals surface area contributed by atoms with E-state index in [-0.39, 0.29) is 12.4 Å². The van der Waals surface area contributed by atoms with Crippen molar-refractivity contribution in [1.82, 2.24) is 10.2 Å². The smallest absolute Gasteiger partial charge is 0.311 e. The van der Waals surface area contributed by atoms with Gasteiger partial charge in [0.2, 0.25) is 0 Å². The zero-order valence-electron chi connectivity index (χ0n) is 12.4. The van der Waals surface area contributed by atoms with Gasteiger partial charge in [-0.2, -0.15) is 0 Å². The summed E-state index contributed by atoms with van der Waals surface area (Å²) in [5.74, 6) is -0.557. The van der Waals surface area contributed by atoms with Crippen LogP contribution in [0.15, 0.2) is 24.3 Å². The zero-order valence-corrected chi connectivity index (χ0v) is 12.4. The van der Waals surface area contributed by atoms with Crippen LogP contribution in [0.5, 0.6) is 0 Å². The summed E-state index contributed by atoms with van der Waals surface area (Å²) in [6.07, 6.45) is 1.08. The van der Waals surface area contributed by atoms with Gasteiger partial charge in [0, 0.05) is 19.6 Å². The highest BCUT2D eigenvalue weighted by Gasteiger charge is 2.28. The predicted octanol–water partition coefficient (Wildman–Crippen LogP) is 1.95. The molecule has 1 saturated heterocycles. The van der Waals surface area contributed by atoms with Crippen molar-refractivity contribution in [3.05, 3.63) is 35.6 Å². The Morgan fingerprint density at radius 3 is 2.33 bits per heavy atom. The Morgan fingerprint density at radius 2 is 1.76 bits per heavy atom. The van der Waals surface area contributed by atoms with Crippen LogP contribution >= 0.6 is 0 Å². The fourth-order valence-corrected chi connectivity index (χ4v) is 2.83. The number of hydrogen-bond donors (Lipinski definition) is 1. The lowest BCUT2D eigenvalue weighted by Gasteiger charge is -2.34. The maximum Gasteiger partial charge on any atom is 0.311 e. The fourth-order valence-electron chi connectivity index (χ4n) is 2.83. The van der Waals surface area contributed by atoms with E-state index in [0.717, 1.165) is 12.0 Å². The summed E-state index contributed by atoms with van der Waals surface area (Å²) >= 11 is 0. The minimum Gasteiger partial charge on any atom is -0.344 e. The molecule has 1 aromatic rings. The Morgan fingerprint density at radius 1 is 1.19 bits per heavy atom. The number of piperidine rings is 1. The Balaban J connectivity index is 1.87. The molecule has 1 aliphatic rings. The molecule has 21 heavy (non-hydrogen) atoms. The van der Waals surface area contributed by atoms with Gasteiger partial charge >= 0.3 is 11.8 Å². The third-order valence-electron chi connectivity index (χ3n) is 3.72. The first-order valence-electron chi connectivity index (χ1n) is 7.27. The minimum atomic E-state index is -0.597. The molecular weight excluding hydrogens is 271 g/mol. The van der Waals surface area contributed by atoms with Crippen molar-refractivity contribution < 1.29 is 14.0 Å². The van der Waals surface area contributed by atoms with Gasteiger partial charge in [-0.15, -0.1) is 0 Å². The highest BCUT2D eigenvalue weighted by atomic mass is 19.1. The Hall–Kier alpha value is -1.91. The first kappa shape index (κ1) is 15.5. The number of nitrogens with one attached hydrogen (secondary N) is 1. The topological polar surface area (TPSA) is 49.4 Å². The van der Waals surface area contributed by atoms with E-state index in [1.807, 2.05) is 0 Å². The number of nitrogens with zero attached hydrogens (tertiary/aromatic N) is 1. The van der Waals surface area contributed by atoms with Crippen LogP contribution in [0.1, 0.15) is 25.8 Å². The van der Waals surface area contributed by atoms with Gasteiger partial charge in [-0.1, -0.05) is 26.0 Å². The number of benzene rings is 1. The summed E-state index contributed by atoms with van der Waals surface area (Å²) in [6, 6.07) is 5.84. The molecular formula is C16H21FN2O2. The lowest BCUT2D eigenvalue weighted by atomic mass is 9.92. The molecule has 1 fully saturated rings. The molecule has 5 heteroatoms. The average Bonchev–Trinajstić information content (AvgIpc) is 2.44. The van der Waals surface area contributed by atoms with Crippen molar-refractivity contribution in [2.24, 2.45) is 11.8 Å². The van der Waals surface area contributed by atoms with Crippen molar-refractivity contribution in [2.45, 2.75) is 26.8 Å². The standard InChI is InChI=1S/C16H21FN2O2/c1-11-7-12(2)10-19(9-11)16(21)15(20)18-8-13-3-5-14(17)6-4-13/h3-6,11-12H,7-10H2,1-2H3,(H,18,20). The van der Waals surface area contributed by atoms with Crippen LogP contribution in [-0.2, 0) is 16.1 Å². The maximum atomic E-state index is 12.8. The quantitative estimate of drug-likeness (QED) is 0.847. The Kier molecular flexibility index (Phi) is 4.94. The van der Waals surface area contributed by atoms with Gasteiger partial charge in [0.25, 0.3) is 0 Å². The van der Waals surface area contributed by atoms with E-state index in [4.69, 9.17) is 0 Å². The Bertz CT molecular complexity index is 506. The number of carbonyl (C=O) groups is 2. The normalized spacial score (nSPS) is 22.0. The molecule has 1 N–H and O–H groups in total. The molecule has 0 spiro atoms. The molecule has 2 unspecified atom stereocenters. The van der Waals surface area contributed by atoms with Gasteiger partial charge in [-0.3, -0.25) is 9.59 Å². The van der Waals surface area contributed by atoms with Crippen LogP contribution in [0.25, 0.3) is 0 Å². The second-order valence-electron chi connectivity index (χ2n) is 5.97. The van der Waals surface area contributed by atoms with E-state index in [2.05, 4.69) is 19.2 Å². The summed E-state index contributed by atoms with van der Waals surface area (Å²) in [4.78, 5) is 25.7. The number of rotatable bonds is 2. The molecule has 1 aliphatic heterocycles. The van der Waals surface area contributed by atoms with Crippen molar-refractivity contribution in [2.75, 3.05) is 13.1 Å². The first-order valence-corrected chi connectivity index (χ1v) is 7.27. The number of amides is 2. The van der Waals surface area contributed by atoms with Crippen molar-refractivity contribution >= 4 is 11.8 Å². The number of carbonyl (C=O) groups excluding carboxylic acids is 2. The molecule has 0 radical (unpaired) electrons. The third kappa shape index (κ3) is 4.28. The van der Waals surface area contributed by atoms with Crippen LogP contribution in [0.4, 0.5) is 4.39 Å². The molecule has 2 amide bonds. The molecule has 0 bridgehead atoms. The molecule has 0 saturated carbocycles. The number of likely N-dealkylation sites (tertiary alicyclic amines) is 1. The van der Waals surface area contributed by atoms with Crippen molar-refractivity contribution in [1.29, 1.82) is 0 Å². The van der Waals surface area contributed by atoms with Gasteiger partial charge in [-0.05, 0) is 36.0 Å². The highest BCUT2D eigenvalue weighted by Crippen LogP contribution is 2.20. The van der Waals surface area contributed by atoms with Crippen LogP contribution in [0, 0.1) is 17.7 Å². The highest BCUT2D eigenvalue weighted by molar-refractivity contribution is 6.34. The minimum absolute atomic E-state index is 0.226. The van der Waals surface area contributed by atoms with Crippen molar-refractivity contribution in [3.8, 4) is 0 Å². The van der Waals surface area contributed by atoms with Crippen molar-refractivity contribution in [3.63, 3.8) is 0 Å². The lowest BCUT2D eigenvalue weighted by Crippen LogP contribution is -2.48. The van der Waals surface area contributed by atoms with Gasteiger partial charge in [0.1, 0.15) is 5.82 Å². The predicted molar refractivity (Wildman–Crippen MR) is 77.8 cm³/mol. The van der Waals surface area contributed by atoms with Crippen LogP contribution < -0.4 is 5.32 Å². The summed E-state index contributed by atoms with van der Waals surface area (Å²) in [6.45, 7) is 5.67. The molecule has 2 rings (SSSR count). The second kappa shape index (κ2) is 6.70. The van der Waals surface area contributed by atoms with Gasteiger partial charge in [0.15, 0.2) is 0 Å². The van der Waals surface area contributed by atoms with Gasteiger partial charge in [-0.25, -0.2) is 4.39 Å². The molecule has 1 aromatic carbocycles. The zero-order chi connectivity index (χ0) is 15.4. The van der Waals surface area contributed by atoms with Crippen LogP contribution in [-0.4, -0.2) is 29.8 Å². The summed E-state index contributed by atoms with van der Waals surface area (Å²) in [5, 5.41) is 2.59. The number of hydrogen-bond acceptors (Lipinski definition) is 2. The largest absolute Gasteiger partial charge is 0.344 e. The second-order valence-corrected chi connectivity index (χ2v) is 5.97. The maximum absolute atomic E-state index is 12.8. The molecule has 1 heterocycles. The monoisotopic (exact) mass is 292 g/mol. The van der Waals surface area contributed by atoms with Crippen LogP contribution in [0.3, 0.4) is 0 Å². The fraction of sp³-hybridized carbons (Fsp3) is 0.500. The van der Waals surface area contributed by atoms with Gasteiger partial charge in [0.05, 0.1) is 0 Å². The SMILES string of the molecule is CC1CC(C)CN(C(=O)C(=O)NCc2ccc(F)cc2)C1. The Labute approximate surface area is 124 Å².